The summed E-state index contributed by atoms with van der Waals surface area (Å²) in [7, 11) is 0. The number of aromatic nitrogens is 4. The predicted octanol–water partition coefficient (Wildman–Crippen LogP) is 1.63. The number of nitrogens with one attached hydrogen (secondary N) is 1. The zero-order valence-electron chi connectivity index (χ0n) is 11.6. The fourth-order valence-corrected chi connectivity index (χ4v) is 3.33. The average molecular weight is 273 g/mol. The van der Waals surface area contributed by atoms with Crippen molar-refractivity contribution in [1.82, 2.24) is 25.3 Å². The molecule has 0 amide bonds. The third kappa shape index (κ3) is 2.14. The second-order valence-corrected chi connectivity index (χ2v) is 5.93. The summed E-state index contributed by atoms with van der Waals surface area (Å²) in [4.78, 5) is 4.19. The summed E-state index contributed by atoms with van der Waals surface area (Å²) in [5.41, 5.74) is 1.58. The molecular weight excluding hydrogens is 254 g/mol. The van der Waals surface area contributed by atoms with E-state index in [9.17, 15) is 0 Å². The Balaban J connectivity index is 1.49. The molecule has 106 valence electrons. The van der Waals surface area contributed by atoms with Gasteiger partial charge in [0.2, 0.25) is 0 Å². The molecule has 6 heteroatoms. The van der Waals surface area contributed by atoms with Crippen molar-refractivity contribution >= 4 is 0 Å². The van der Waals surface area contributed by atoms with E-state index in [1.807, 2.05) is 17.8 Å². The quantitative estimate of drug-likeness (QED) is 0.917. The van der Waals surface area contributed by atoms with Crippen LogP contribution in [0.5, 0.6) is 0 Å². The monoisotopic (exact) mass is 273 g/mol. The summed E-state index contributed by atoms with van der Waals surface area (Å²) >= 11 is 0. The average Bonchev–Trinajstić information content (AvgIpc) is 2.86. The van der Waals surface area contributed by atoms with Crippen molar-refractivity contribution in [2.75, 3.05) is 6.54 Å². The van der Waals surface area contributed by atoms with E-state index in [0.29, 0.717) is 6.04 Å². The molecule has 4 rings (SSSR count). The normalized spacial score (nSPS) is 26.2. The molecule has 0 radical (unpaired) electrons. The highest BCUT2D eigenvalue weighted by molar-refractivity contribution is 5.53. The Bertz CT molecular complexity index is 600. The Labute approximate surface area is 117 Å². The maximum absolute atomic E-state index is 5.22. The highest BCUT2D eigenvalue weighted by Crippen LogP contribution is 2.42. The van der Waals surface area contributed by atoms with Crippen LogP contribution in [0.3, 0.4) is 0 Å². The lowest BCUT2D eigenvalue weighted by Gasteiger charge is -2.18. The van der Waals surface area contributed by atoms with Crippen molar-refractivity contribution in [3.63, 3.8) is 0 Å². The van der Waals surface area contributed by atoms with Crippen molar-refractivity contribution in [3.05, 3.63) is 18.4 Å². The van der Waals surface area contributed by atoms with Crippen LogP contribution in [0.1, 0.15) is 25.0 Å². The third-order valence-electron chi connectivity index (χ3n) is 4.54. The molecule has 2 aromatic rings. The Kier molecular flexibility index (Phi) is 2.84. The van der Waals surface area contributed by atoms with E-state index in [-0.39, 0.29) is 0 Å². The second kappa shape index (κ2) is 4.70. The maximum atomic E-state index is 5.22. The fraction of sp³-hybridized carbons (Fsp3) is 0.643. The summed E-state index contributed by atoms with van der Waals surface area (Å²) in [6.07, 6.45) is 7.53. The van der Waals surface area contributed by atoms with Gasteiger partial charge in [0.25, 0.3) is 0 Å². The first-order valence-electron chi connectivity index (χ1n) is 7.35. The van der Waals surface area contributed by atoms with Crippen LogP contribution in [0.4, 0.5) is 0 Å². The molecule has 1 saturated heterocycles. The molecule has 2 fully saturated rings. The van der Waals surface area contributed by atoms with Gasteiger partial charge in [-0.15, -0.1) is 5.10 Å². The predicted molar refractivity (Wildman–Crippen MR) is 72.9 cm³/mol. The van der Waals surface area contributed by atoms with Crippen molar-refractivity contribution in [1.29, 1.82) is 0 Å². The molecule has 2 unspecified atom stereocenters. The maximum Gasteiger partial charge on any atom is 0.181 e. The molecule has 6 nitrogen and oxygen atoms in total. The second-order valence-electron chi connectivity index (χ2n) is 5.93. The lowest BCUT2D eigenvalue weighted by atomic mass is 9.95. The summed E-state index contributed by atoms with van der Waals surface area (Å²) < 4.78 is 7.15. The Morgan fingerprint density at radius 2 is 2.30 bits per heavy atom. The van der Waals surface area contributed by atoms with Gasteiger partial charge in [-0.05, 0) is 44.6 Å². The zero-order valence-corrected chi connectivity index (χ0v) is 11.6. The van der Waals surface area contributed by atoms with E-state index in [0.717, 1.165) is 42.1 Å². The van der Waals surface area contributed by atoms with E-state index >= 15 is 0 Å². The first-order valence-corrected chi connectivity index (χ1v) is 7.35. The lowest BCUT2D eigenvalue weighted by Crippen LogP contribution is -2.32. The van der Waals surface area contributed by atoms with E-state index in [1.54, 1.807) is 0 Å². The SMILES string of the molecule is Cc1ocnc1-c1cn(CC2NCCC2C2CC2)nn1. The van der Waals surface area contributed by atoms with Crippen molar-refractivity contribution in [2.45, 2.75) is 38.8 Å². The molecule has 0 bridgehead atoms. The number of rotatable bonds is 4. The van der Waals surface area contributed by atoms with Crippen molar-refractivity contribution in [3.8, 4) is 11.4 Å². The highest BCUT2D eigenvalue weighted by atomic mass is 16.3. The number of aryl methyl sites for hydroxylation is 1. The smallest absolute Gasteiger partial charge is 0.181 e. The van der Waals surface area contributed by atoms with Gasteiger partial charge in [-0.1, -0.05) is 5.21 Å². The van der Waals surface area contributed by atoms with Gasteiger partial charge < -0.3 is 9.73 Å². The topological polar surface area (TPSA) is 68.8 Å². The van der Waals surface area contributed by atoms with Crippen LogP contribution in [0, 0.1) is 18.8 Å². The van der Waals surface area contributed by atoms with Crippen LogP contribution in [0.25, 0.3) is 11.4 Å². The molecule has 20 heavy (non-hydrogen) atoms. The van der Waals surface area contributed by atoms with Crippen LogP contribution in [0.2, 0.25) is 0 Å². The van der Waals surface area contributed by atoms with E-state index in [4.69, 9.17) is 4.42 Å². The Hall–Kier alpha value is -1.69. The first-order chi connectivity index (χ1) is 9.81. The number of hydrogen-bond donors (Lipinski definition) is 1. The van der Waals surface area contributed by atoms with Gasteiger partial charge in [0.05, 0.1) is 12.7 Å². The fourth-order valence-electron chi connectivity index (χ4n) is 3.33. The largest absolute Gasteiger partial charge is 0.448 e. The molecular formula is C14H19N5O. The summed E-state index contributed by atoms with van der Waals surface area (Å²) in [5, 5.41) is 12.1. The molecule has 2 aliphatic rings. The standard InChI is InChI=1S/C14H19N5O/c1-9-14(16-8-20-9)13-7-19(18-17-13)6-12-11(4-5-15-12)10-2-3-10/h7-8,10-12,15H,2-6H2,1H3. The molecule has 1 aliphatic carbocycles. The summed E-state index contributed by atoms with van der Waals surface area (Å²) in [6, 6.07) is 0.537. The van der Waals surface area contributed by atoms with Gasteiger partial charge >= 0.3 is 0 Å². The molecule has 1 N–H and O–H groups in total. The number of nitrogens with zero attached hydrogens (tertiary/aromatic N) is 4. The van der Waals surface area contributed by atoms with E-state index in [1.165, 1.54) is 25.7 Å². The molecule has 1 aliphatic heterocycles. The first kappa shape index (κ1) is 12.1. The molecule has 2 atom stereocenters. The van der Waals surface area contributed by atoms with Gasteiger partial charge in [-0.2, -0.15) is 0 Å². The minimum absolute atomic E-state index is 0.537. The molecule has 0 aromatic carbocycles. The lowest BCUT2D eigenvalue weighted by molar-refractivity contribution is 0.347. The van der Waals surface area contributed by atoms with Crippen molar-refractivity contribution < 1.29 is 4.42 Å². The summed E-state index contributed by atoms with van der Waals surface area (Å²) in [5.74, 6) is 2.54. The van der Waals surface area contributed by atoms with Gasteiger partial charge in [0.15, 0.2) is 6.39 Å². The zero-order chi connectivity index (χ0) is 13.5. The molecule has 0 spiro atoms. The van der Waals surface area contributed by atoms with Crippen LogP contribution in [0.15, 0.2) is 17.0 Å². The molecule has 1 saturated carbocycles. The van der Waals surface area contributed by atoms with E-state index < -0.39 is 0 Å². The van der Waals surface area contributed by atoms with E-state index in [2.05, 4.69) is 20.6 Å². The third-order valence-corrected chi connectivity index (χ3v) is 4.54. The van der Waals surface area contributed by atoms with Gasteiger partial charge in [0.1, 0.15) is 17.1 Å². The Morgan fingerprint density at radius 3 is 3.05 bits per heavy atom. The van der Waals surface area contributed by atoms with Crippen LogP contribution in [-0.4, -0.2) is 32.6 Å². The number of oxazole rings is 1. The molecule has 3 heterocycles. The van der Waals surface area contributed by atoms with Gasteiger partial charge in [-0.3, -0.25) is 4.68 Å². The minimum Gasteiger partial charge on any atom is -0.448 e. The van der Waals surface area contributed by atoms with Crippen LogP contribution >= 0.6 is 0 Å². The van der Waals surface area contributed by atoms with Gasteiger partial charge in [-0.25, -0.2) is 4.98 Å². The van der Waals surface area contributed by atoms with Crippen LogP contribution in [-0.2, 0) is 6.54 Å². The van der Waals surface area contributed by atoms with Gasteiger partial charge in [0, 0.05) is 6.04 Å². The summed E-state index contributed by atoms with van der Waals surface area (Å²) in [6.45, 7) is 3.92. The minimum atomic E-state index is 0.537. The molecule has 2 aromatic heterocycles. The Morgan fingerprint density at radius 1 is 1.40 bits per heavy atom. The van der Waals surface area contributed by atoms with Crippen molar-refractivity contribution in [2.24, 2.45) is 11.8 Å². The van der Waals surface area contributed by atoms with Crippen LogP contribution < -0.4 is 5.32 Å². The highest BCUT2D eigenvalue weighted by Gasteiger charge is 2.39. The number of hydrogen-bond acceptors (Lipinski definition) is 5.